The van der Waals surface area contributed by atoms with Crippen LogP contribution in [0.4, 0.5) is 0 Å². The van der Waals surface area contributed by atoms with Crippen molar-refractivity contribution in [2.75, 3.05) is 0 Å². The van der Waals surface area contributed by atoms with Crippen LogP contribution in [0.1, 0.15) is 29.2 Å². The summed E-state index contributed by atoms with van der Waals surface area (Å²) in [6.45, 7) is 5.77. The molecule has 2 heterocycles. The molecule has 0 unspecified atom stereocenters. The van der Waals surface area contributed by atoms with E-state index in [0.29, 0.717) is 0 Å². The molecule has 2 rings (SSSR count). The molecule has 4 heteroatoms. The number of Topliss-reactive ketones (excluding diaryl/α,β-unsaturated/α-hetero) is 1. The lowest BCUT2D eigenvalue weighted by Crippen LogP contribution is -2.04. The summed E-state index contributed by atoms with van der Waals surface area (Å²) in [5.41, 5.74) is 0.986. The van der Waals surface area contributed by atoms with Crippen LogP contribution in [0.3, 0.4) is 0 Å². The van der Waals surface area contributed by atoms with Crippen LogP contribution in [-0.4, -0.2) is 15.2 Å². The van der Waals surface area contributed by atoms with E-state index in [-0.39, 0.29) is 11.7 Å². The average Bonchev–Trinajstić information content (AvgIpc) is 2.59. The predicted molar refractivity (Wildman–Crippen MR) is 57.0 cm³/mol. The Hall–Kier alpha value is -1.16. The molecule has 0 saturated carbocycles. The fraction of sp³-hybridized carbons (Fsp3) is 0.400. The Balaban J connectivity index is 2.45. The Morgan fingerprint density at radius 2 is 2.21 bits per heavy atom. The van der Waals surface area contributed by atoms with E-state index in [1.807, 2.05) is 37.6 Å². The first-order valence-electron chi connectivity index (χ1n) is 4.57. The summed E-state index contributed by atoms with van der Waals surface area (Å²) in [6.07, 6.45) is 3.80. The third-order valence-electron chi connectivity index (χ3n) is 2.04. The topological polar surface area (TPSA) is 34.4 Å². The highest BCUT2D eigenvalue weighted by Crippen LogP contribution is 2.20. The Bertz CT molecular complexity index is 450. The quantitative estimate of drug-likeness (QED) is 0.711. The van der Waals surface area contributed by atoms with Gasteiger partial charge in [0.05, 0.1) is 10.6 Å². The lowest BCUT2D eigenvalue weighted by Gasteiger charge is -1.97. The highest BCUT2D eigenvalue weighted by Gasteiger charge is 2.14. The van der Waals surface area contributed by atoms with Crippen LogP contribution in [0.2, 0.25) is 0 Å². The molecule has 0 atom stereocenters. The second kappa shape index (κ2) is 3.20. The van der Waals surface area contributed by atoms with Crippen molar-refractivity contribution < 1.29 is 4.79 Å². The maximum Gasteiger partial charge on any atom is 0.194 e. The summed E-state index contributed by atoms with van der Waals surface area (Å²) in [5, 5.41) is 0. The molecule has 3 nitrogen and oxygen atoms in total. The maximum atomic E-state index is 11.7. The van der Waals surface area contributed by atoms with Gasteiger partial charge in [0.2, 0.25) is 0 Å². The summed E-state index contributed by atoms with van der Waals surface area (Å²) in [6, 6.07) is 0. The third-order valence-corrected chi connectivity index (χ3v) is 3.05. The maximum absolute atomic E-state index is 11.7. The Labute approximate surface area is 86.4 Å². The number of hydrogen-bond acceptors (Lipinski definition) is 3. The zero-order valence-corrected chi connectivity index (χ0v) is 9.26. The molecule has 0 fully saturated rings. The van der Waals surface area contributed by atoms with Crippen LogP contribution < -0.4 is 0 Å². The summed E-state index contributed by atoms with van der Waals surface area (Å²) < 4.78 is 1.91. The monoisotopic (exact) mass is 208 g/mol. The molecule has 2 aromatic rings. The van der Waals surface area contributed by atoms with Crippen LogP contribution in [0, 0.1) is 12.8 Å². The number of carbonyl (C=O) groups excluding carboxylic acids is 1. The Morgan fingerprint density at radius 1 is 1.50 bits per heavy atom. The Morgan fingerprint density at radius 3 is 2.79 bits per heavy atom. The molecule has 0 aliphatic carbocycles. The first kappa shape index (κ1) is 9.40. The van der Waals surface area contributed by atoms with E-state index >= 15 is 0 Å². The molecule has 74 valence electrons. The van der Waals surface area contributed by atoms with E-state index in [1.54, 1.807) is 0 Å². The molecule has 0 spiro atoms. The van der Waals surface area contributed by atoms with Crippen molar-refractivity contribution in [1.29, 1.82) is 0 Å². The smallest absolute Gasteiger partial charge is 0.194 e. The summed E-state index contributed by atoms with van der Waals surface area (Å²) in [7, 11) is 0. The van der Waals surface area contributed by atoms with Gasteiger partial charge in [-0.3, -0.25) is 9.20 Å². The van der Waals surface area contributed by atoms with Gasteiger partial charge in [-0.2, -0.15) is 0 Å². The minimum atomic E-state index is 0.0550. The lowest BCUT2D eigenvalue weighted by atomic mass is 10.1. The van der Waals surface area contributed by atoms with Crippen molar-refractivity contribution in [3.05, 3.63) is 23.0 Å². The molecular formula is C10H12N2OS. The summed E-state index contributed by atoms with van der Waals surface area (Å²) >= 11 is 1.46. The van der Waals surface area contributed by atoms with Crippen molar-refractivity contribution in [2.45, 2.75) is 20.8 Å². The van der Waals surface area contributed by atoms with Crippen molar-refractivity contribution in [1.82, 2.24) is 9.38 Å². The van der Waals surface area contributed by atoms with E-state index in [1.165, 1.54) is 11.3 Å². The fourth-order valence-electron chi connectivity index (χ4n) is 1.31. The SMILES string of the molecule is Cc1cn2cc(C(=O)C(C)C)sc2n1. The molecule has 2 aromatic heterocycles. The minimum absolute atomic E-state index is 0.0550. The van der Waals surface area contributed by atoms with Crippen LogP contribution in [0.25, 0.3) is 4.96 Å². The molecule has 0 saturated heterocycles. The number of ketones is 1. The second-order valence-corrected chi connectivity index (χ2v) is 4.70. The van der Waals surface area contributed by atoms with Gasteiger partial charge in [-0.15, -0.1) is 0 Å². The van der Waals surface area contributed by atoms with Gasteiger partial charge in [-0.25, -0.2) is 4.98 Å². The highest BCUT2D eigenvalue weighted by molar-refractivity contribution is 7.18. The number of fused-ring (bicyclic) bond motifs is 1. The Kier molecular flexibility index (Phi) is 2.15. The van der Waals surface area contributed by atoms with Crippen molar-refractivity contribution in [3.8, 4) is 0 Å². The number of aromatic nitrogens is 2. The zero-order chi connectivity index (χ0) is 10.3. The number of carbonyl (C=O) groups is 1. The average molecular weight is 208 g/mol. The zero-order valence-electron chi connectivity index (χ0n) is 8.44. The minimum Gasteiger partial charge on any atom is -0.297 e. The summed E-state index contributed by atoms with van der Waals surface area (Å²) in [5.74, 6) is 0.248. The molecule has 0 aliphatic heterocycles. The van der Waals surface area contributed by atoms with E-state index in [2.05, 4.69) is 4.98 Å². The number of hydrogen-bond donors (Lipinski definition) is 0. The van der Waals surface area contributed by atoms with Crippen LogP contribution in [0.15, 0.2) is 12.4 Å². The van der Waals surface area contributed by atoms with Gasteiger partial charge in [0.1, 0.15) is 0 Å². The van der Waals surface area contributed by atoms with Gasteiger partial charge < -0.3 is 0 Å². The number of aryl methyl sites for hydroxylation is 1. The van der Waals surface area contributed by atoms with Gasteiger partial charge in [0.25, 0.3) is 0 Å². The normalized spacial score (nSPS) is 11.4. The lowest BCUT2D eigenvalue weighted by molar-refractivity contribution is 0.0943. The van der Waals surface area contributed by atoms with Gasteiger partial charge in [0.15, 0.2) is 10.7 Å². The molecule has 0 bridgehead atoms. The number of rotatable bonds is 2. The van der Waals surface area contributed by atoms with E-state index in [0.717, 1.165) is 15.5 Å². The summed E-state index contributed by atoms with van der Waals surface area (Å²) in [4.78, 5) is 17.7. The first-order valence-corrected chi connectivity index (χ1v) is 5.39. The van der Waals surface area contributed by atoms with Crippen LogP contribution >= 0.6 is 11.3 Å². The van der Waals surface area contributed by atoms with E-state index in [4.69, 9.17) is 0 Å². The van der Waals surface area contributed by atoms with Crippen molar-refractivity contribution >= 4 is 22.1 Å². The molecule has 0 N–H and O–H groups in total. The molecular weight excluding hydrogens is 196 g/mol. The largest absolute Gasteiger partial charge is 0.297 e. The van der Waals surface area contributed by atoms with E-state index < -0.39 is 0 Å². The van der Waals surface area contributed by atoms with Gasteiger partial charge in [0, 0.05) is 18.3 Å². The molecule has 14 heavy (non-hydrogen) atoms. The van der Waals surface area contributed by atoms with Crippen molar-refractivity contribution in [2.24, 2.45) is 5.92 Å². The standard InChI is InChI=1S/C10H12N2OS/c1-6(2)9(13)8-5-12-4-7(3)11-10(12)14-8/h4-6H,1-3H3. The fourth-order valence-corrected chi connectivity index (χ4v) is 2.41. The van der Waals surface area contributed by atoms with Crippen LogP contribution in [-0.2, 0) is 0 Å². The van der Waals surface area contributed by atoms with Gasteiger partial charge >= 0.3 is 0 Å². The van der Waals surface area contributed by atoms with Crippen LogP contribution in [0.5, 0.6) is 0 Å². The molecule has 0 aromatic carbocycles. The first-order chi connectivity index (χ1) is 6.58. The molecule has 0 amide bonds. The number of thiazole rings is 1. The predicted octanol–water partition coefficient (Wildman–Crippen LogP) is 2.54. The van der Waals surface area contributed by atoms with Gasteiger partial charge in [-0.1, -0.05) is 25.2 Å². The highest BCUT2D eigenvalue weighted by atomic mass is 32.1. The second-order valence-electron chi connectivity index (χ2n) is 3.69. The number of nitrogens with zero attached hydrogens (tertiary/aromatic N) is 2. The molecule has 0 radical (unpaired) electrons. The third kappa shape index (κ3) is 1.46. The molecule has 0 aliphatic rings. The van der Waals surface area contributed by atoms with Crippen molar-refractivity contribution in [3.63, 3.8) is 0 Å². The van der Waals surface area contributed by atoms with Gasteiger partial charge in [-0.05, 0) is 6.92 Å². The van der Waals surface area contributed by atoms with E-state index in [9.17, 15) is 4.79 Å². The number of imidazole rings is 1.